The highest BCUT2D eigenvalue weighted by molar-refractivity contribution is 5.70. The van der Waals surface area contributed by atoms with Crippen molar-refractivity contribution in [3.8, 4) is 17.2 Å². The molecule has 1 fully saturated rings. The van der Waals surface area contributed by atoms with Crippen molar-refractivity contribution >= 4 is 17.3 Å². The van der Waals surface area contributed by atoms with E-state index in [2.05, 4.69) is 17.0 Å². The van der Waals surface area contributed by atoms with Crippen molar-refractivity contribution in [1.29, 1.82) is 0 Å². The van der Waals surface area contributed by atoms with Crippen molar-refractivity contribution in [3.63, 3.8) is 0 Å². The minimum atomic E-state index is -0.854. The number of ether oxygens (including phenoxy) is 5. The third-order valence-corrected chi connectivity index (χ3v) is 8.06. The fourth-order valence-electron chi connectivity index (χ4n) is 6.01. The Morgan fingerprint density at radius 3 is 2.04 bits per heavy atom. The number of benzene rings is 4. The molecule has 1 aliphatic rings. The number of nitro benzene ring substituents is 1. The summed E-state index contributed by atoms with van der Waals surface area (Å²) in [5.74, 6) is 0.847. The summed E-state index contributed by atoms with van der Waals surface area (Å²) in [5, 5.41) is 11.7. The molecule has 0 bridgehead atoms. The van der Waals surface area contributed by atoms with Gasteiger partial charge in [0.05, 0.1) is 29.1 Å². The van der Waals surface area contributed by atoms with Crippen LogP contribution in [0.4, 0.5) is 11.4 Å². The summed E-state index contributed by atoms with van der Waals surface area (Å²) in [6, 6.07) is 30.5. The predicted molar refractivity (Wildman–Crippen MR) is 192 cm³/mol. The van der Waals surface area contributed by atoms with Crippen LogP contribution in [0.3, 0.4) is 0 Å². The Hall–Kier alpha value is -4.93. The van der Waals surface area contributed by atoms with E-state index >= 15 is 0 Å². The molecule has 264 valence electrons. The fourth-order valence-corrected chi connectivity index (χ4v) is 6.01. The van der Waals surface area contributed by atoms with Gasteiger partial charge in [-0.15, -0.1) is 0 Å². The molecule has 4 aromatic carbocycles. The van der Waals surface area contributed by atoms with E-state index in [4.69, 9.17) is 23.7 Å². The largest absolute Gasteiger partial charge is 0.491 e. The van der Waals surface area contributed by atoms with Gasteiger partial charge < -0.3 is 28.6 Å². The van der Waals surface area contributed by atoms with Gasteiger partial charge in [0.1, 0.15) is 29.5 Å². The summed E-state index contributed by atoms with van der Waals surface area (Å²) >= 11 is 0. The summed E-state index contributed by atoms with van der Waals surface area (Å²) in [5.41, 5.74) is 3.14. The van der Waals surface area contributed by atoms with Crippen LogP contribution in [0.2, 0.25) is 0 Å². The molecule has 0 aromatic heterocycles. The van der Waals surface area contributed by atoms with E-state index in [-0.39, 0.29) is 35.2 Å². The van der Waals surface area contributed by atoms with Gasteiger partial charge in [0.15, 0.2) is 5.79 Å². The molecule has 2 atom stereocenters. The van der Waals surface area contributed by atoms with E-state index in [1.807, 2.05) is 107 Å². The molecule has 10 nitrogen and oxygen atoms in total. The van der Waals surface area contributed by atoms with Crippen molar-refractivity contribution in [1.82, 2.24) is 0 Å². The molecule has 5 rings (SSSR count). The standard InChI is InChI=1S/C40H46N2O8/c1-28-36(13-10-14-37(28)42(44)45)41(25-29-11-8-7-9-12-29)26-30-15-17-32(18-16-30)47-33-21-19-31(20-22-33)46-27-35-23-34(48-40(5,6)49-35)24-38(43)50-39(2,3)4/h7-22,34-35H,23-27H2,1-6H3/t34-,35-/m0/s1. The summed E-state index contributed by atoms with van der Waals surface area (Å²) in [6.07, 6.45) is 0.0662. The molecule has 1 aliphatic heterocycles. The molecule has 0 radical (unpaired) electrons. The molecule has 1 saturated heterocycles. The topological polar surface area (TPSA) is 110 Å². The second kappa shape index (κ2) is 15.7. The highest BCUT2D eigenvalue weighted by Crippen LogP contribution is 2.32. The first-order valence-electron chi connectivity index (χ1n) is 16.8. The zero-order valence-corrected chi connectivity index (χ0v) is 29.6. The number of nitro groups is 1. The first-order valence-corrected chi connectivity index (χ1v) is 16.8. The monoisotopic (exact) mass is 682 g/mol. The van der Waals surface area contributed by atoms with Gasteiger partial charge in [-0.3, -0.25) is 14.9 Å². The molecule has 50 heavy (non-hydrogen) atoms. The lowest BCUT2D eigenvalue weighted by Crippen LogP contribution is -2.47. The average Bonchev–Trinajstić information content (AvgIpc) is 3.04. The molecule has 0 amide bonds. The van der Waals surface area contributed by atoms with Gasteiger partial charge in [-0.05, 0) is 95.1 Å². The van der Waals surface area contributed by atoms with E-state index in [0.29, 0.717) is 48.9 Å². The number of nitrogens with zero attached hydrogens (tertiary/aromatic N) is 2. The fraction of sp³-hybridized carbons (Fsp3) is 0.375. The average molecular weight is 683 g/mol. The molecule has 1 heterocycles. The first kappa shape index (κ1) is 36.4. The number of hydrogen-bond donors (Lipinski definition) is 0. The summed E-state index contributed by atoms with van der Waals surface area (Å²) in [7, 11) is 0. The zero-order valence-electron chi connectivity index (χ0n) is 29.6. The Morgan fingerprint density at radius 2 is 1.42 bits per heavy atom. The number of carbonyl (C=O) groups is 1. The lowest BCUT2D eigenvalue weighted by atomic mass is 10.1. The summed E-state index contributed by atoms with van der Waals surface area (Å²) < 4.78 is 29.7. The van der Waals surface area contributed by atoms with Crippen molar-refractivity contribution in [2.45, 2.75) is 91.1 Å². The van der Waals surface area contributed by atoms with E-state index in [9.17, 15) is 14.9 Å². The molecule has 0 aliphatic carbocycles. The van der Waals surface area contributed by atoms with E-state index in [0.717, 1.165) is 16.8 Å². The van der Waals surface area contributed by atoms with Gasteiger partial charge in [0.2, 0.25) is 0 Å². The second-order valence-electron chi connectivity index (χ2n) is 14.0. The lowest BCUT2D eigenvalue weighted by molar-refractivity contribution is -0.385. The molecule has 4 aromatic rings. The third-order valence-electron chi connectivity index (χ3n) is 8.06. The van der Waals surface area contributed by atoms with Crippen molar-refractivity contribution in [3.05, 3.63) is 124 Å². The minimum absolute atomic E-state index is 0.102. The number of rotatable bonds is 13. The maximum Gasteiger partial charge on any atom is 0.308 e. The van der Waals surface area contributed by atoms with Crippen molar-refractivity contribution in [2.75, 3.05) is 11.5 Å². The number of carbonyl (C=O) groups excluding carboxylic acids is 1. The van der Waals surface area contributed by atoms with Crippen molar-refractivity contribution < 1.29 is 33.4 Å². The SMILES string of the molecule is Cc1c(N(Cc2ccccc2)Cc2ccc(Oc3ccc(OC[C@@H]4C[C@@H](CC(=O)OC(C)(C)C)OC(C)(C)O4)cc3)cc2)cccc1[N+](=O)[O-]. The van der Waals surface area contributed by atoms with Crippen molar-refractivity contribution in [2.24, 2.45) is 0 Å². The van der Waals surface area contributed by atoms with Crippen LogP contribution >= 0.6 is 0 Å². The Balaban J connectivity index is 1.18. The number of anilines is 1. The van der Waals surface area contributed by atoms with Gasteiger partial charge >= 0.3 is 5.97 Å². The Bertz CT molecular complexity index is 1730. The van der Waals surface area contributed by atoms with Crippen LogP contribution in [0.25, 0.3) is 0 Å². The van der Waals surface area contributed by atoms with Gasteiger partial charge in [0, 0.05) is 31.3 Å². The maximum atomic E-state index is 12.4. The summed E-state index contributed by atoms with van der Waals surface area (Å²) in [6.45, 7) is 12.4. The normalized spacial score (nSPS) is 17.1. The van der Waals surface area contributed by atoms with Crippen LogP contribution in [-0.2, 0) is 32.1 Å². The molecule has 10 heteroatoms. The number of hydrogen-bond acceptors (Lipinski definition) is 9. The van der Waals surface area contributed by atoms with E-state index in [1.54, 1.807) is 13.0 Å². The van der Waals surface area contributed by atoms with Gasteiger partial charge in [-0.1, -0.05) is 48.5 Å². The second-order valence-corrected chi connectivity index (χ2v) is 14.0. The van der Waals surface area contributed by atoms with Crippen LogP contribution in [-0.4, -0.2) is 41.1 Å². The van der Waals surface area contributed by atoms with E-state index in [1.165, 1.54) is 6.07 Å². The minimum Gasteiger partial charge on any atom is -0.491 e. The molecule has 0 N–H and O–H groups in total. The van der Waals surface area contributed by atoms with Gasteiger partial charge in [-0.2, -0.15) is 0 Å². The first-order chi connectivity index (χ1) is 23.7. The predicted octanol–water partition coefficient (Wildman–Crippen LogP) is 8.92. The Morgan fingerprint density at radius 1 is 0.840 bits per heavy atom. The zero-order chi connectivity index (χ0) is 35.9. The molecular weight excluding hydrogens is 636 g/mol. The van der Waals surface area contributed by atoms with Gasteiger partial charge in [-0.25, -0.2) is 0 Å². The maximum absolute atomic E-state index is 12.4. The van der Waals surface area contributed by atoms with Crippen LogP contribution in [0.15, 0.2) is 97.1 Å². The summed E-state index contributed by atoms with van der Waals surface area (Å²) in [4.78, 5) is 25.9. The Labute approximate surface area is 294 Å². The molecular formula is C40H46N2O8. The number of esters is 1. The van der Waals surface area contributed by atoms with E-state index < -0.39 is 11.4 Å². The van der Waals surface area contributed by atoms with Gasteiger partial charge in [0.25, 0.3) is 5.69 Å². The quantitative estimate of drug-likeness (QED) is 0.0776. The molecule has 0 unspecified atom stereocenters. The Kier molecular flexibility index (Phi) is 11.4. The third kappa shape index (κ3) is 10.5. The highest BCUT2D eigenvalue weighted by Gasteiger charge is 2.37. The lowest BCUT2D eigenvalue weighted by Gasteiger charge is -2.40. The van der Waals surface area contributed by atoms with Crippen LogP contribution < -0.4 is 14.4 Å². The smallest absolute Gasteiger partial charge is 0.308 e. The van der Waals surface area contributed by atoms with Crippen LogP contribution in [0, 0.1) is 17.0 Å². The highest BCUT2D eigenvalue weighted by atomic mass is 16.7. The molecule has 0 saturated carbocycles. The molecule has 0 spiro atoms. The van der Waals surface area contributed by atoms with Crippen LogP contribution in [0.5, 0.6) is 17.2 Å². The van der Waals surface area contributed by atoms with Crippen LogP contribution in [0.1, 0.15) is 64.2 Å².